The highest BCUT2D eigenvalue weighted by Gasteiger charge is 2.69. The minimum absolute atomic E-state index is 0.0632. The van der Waals surface area contributed by atoms with Gasteiger partial charge in [0.1, 0.15) is 0 Å². The minimum atomic E-state index is -0.849. The zero-order valence-electron chi connectivity index (χ0n) is 22.7. The molecule has 0 aromatic heterocycles. The molecule has 4 saturated carbocycles. The van der Waals surface area contributed by atoms with Gasteiger partial charge < -0.3 is 15.3 Å². The number of aliphatic hydroxyl groups excluding tert-OH is 3. The van der Waals surface area contributed by atoms with E-state index in [4.69, 9.17) is 0 Å². The van der Waals surface area contributed by atoms with Gasteiger partial charge in [0.05, 0.1) is 18.8 Å². The van der Waals surface area contributed by atoms with Crippen molar-refractivity contribution in [3.8, 4) is 0 Å². The third kappa shape index (κ3) is 2.93. The fraction of sp³-hybridized carbons (Fsp3) is 0.871. The van der Waals surface area contributed by atoms with Crippen LogP contribution in [0, 0.1) is 50.2 Å². The number of rotatable bonds is 2. The summed E-state index contributed by atoms with van der Waals surface area (Å²) in [5, 5.41) is 32.4. The normalized spacial score (nSPS) is 56.3. The molecular weight excluding hydrogens is 420 g/mol. The Kier molecular flexibility index (Phi) is 5.48. The summed E-state index contributed by atoms with van der Waals surface area (Å²) in [5.74, 6) is 1.27. The first-order chi connectivity index (χ1) is 15.7. The van der Waals surface area contributed by atoms with Crippen molar-refractivity contribution in [2.75, 3.05) is 6.61 Å². The molecule has 0 bridgehead atoms. The van der Waals surface area contributed by atoms with Crippen molar-refractivity contribution in [1.29, 1.82) is 0 Å². The van der Waals surface area contributed by atoms with Crippen LogP contribution in [0.2, 0.25) is 0 Å². The van der Waals surface area contributed by atoms with Crippen LogP contribution in [0.25, 0.3) is 0 Å². The molecule has 0 unspecified atom stereocenters. The number of aliphatic hydroxyl groups is 3. The van der Waals surface area contributed by atoms with Gasteiger partial charge in [-0.1, -0.05) is 59.3 Å². The summed E-state index contributed by atoms with van der Waals surface area (Å²) in [6.07, 6.45) is 13.5. The molecule has 0 spiro atoms. The summed E-state index contributed by atoms with van der Waals surface area (Å²) >= 11 is 0. The fourth-order valence-electron chi connectivity index (χ4n) is 10.8. The van der Waals surface area contributed by atoms with E-state index in [0.717, 1.165) is 19.3 Å². The molecule has 5 aliphatic carbocycles. The standard InChI is InChI=1S/C31H50O3/c1-8-31-15-13-26(2,3)17-21(31)20-9-10-24-27(4)18-22(33)25(34)28(5,19-32)23(27)11-12-30(24,7)29(20,6)14-16-31/h8-9,21-25,32-34H,1,10-19H2,2-7H3/t21-,22-,23+,24-,25+,27+,28-,29-,30-,31-/m1/s1. The zero-order chi connectivity index (χ0) is 24.9. The summed E-state index contributed by atoms with van der Waals surface area (Å²) < 4.78 is 0. The van der Waals surface area contributed by atoms with Crippen molar-refractivity contribution < 1.29 is 15.3 Å². The monoisotopic (exact) mass is 470 g/mol. The first kappa shape index (κ1) is 25.0. The van der Waals surface area contributed by atoms with E-state index in [2.05, 4.69) is 53.3 Å². The second kappa shape index (κ2) is 7.45. The van der Waals surface area contributed by atoms with E-state index < -0.39 is 17.6 Å². The molecule has 0 saturated heterocycles. The summed E-state index contributed by atoms with van der Waals surface area (Å²) in [7, 11) is 0. The molecule has 0 aliphatic heterocycles. The van der Waals surface area contributed by atoms with E-state index in [0.29, 0.717) is 23.7 Å². The van der Waals surface area contributed by atoms with Gasteiger partial charge in [0.2, 0.25) is 0 Å². The summed E-state index contributed by atoms with van der Waals surface area (Å²) in [6, 6.07) is 0. The zero-order valence-corrected chi connectivity index (χ0v) is 22.7. The number of hydrogen-bond acceptors (Lipinski definition) is 3. The highest BCUT2D eigenvalue weighted by Crippen LogP contribution is 2.75. The molecule has 5 rings (SSSR count). The van der Waals surface area contributed by atoms with Gasteiger partial charge >= 0.3 is 0 Å². The Balaban J connectivity index is 1.60. The maximum atomic E-state index is 11.0. The van der Waals surface area contributed by atoms with E-state index in [1.807, 2.05) is 6.92 Å². The molecular formula is C31H50O3. The Morgan fingerprint density at radius 1 is 0.941 bits per heavy atom. The van der Waals surface area contributed by atoms with Gasteiger partial charge in [-0.3, -0.25) is 0 Å². The third-order valence-electron chi connectivity index (χ3n) is 13.2. The lowest BCUT2D eigenvalue weighted by Gasteiger charge is -2.71. The SMILES string of the molecule is C=C[C@]12CCC(C)(C)C[C@@H]1C1=CC[C@@H]3[C@@]4(C)C[C@@H](O)[C@H](O)[C@](C)(CO)[C@H]4CC[C@@]3(C)[C@]1(C)CC2. The average Bonchev–Trinajstić information content (AvgIpc) is 2.77. The number of fused-ring (bicyclic) bond motifs is 7. The Labute approximate surface area is 208 Å². The molecule has 3 nitrogen and oxygen atoms in total. The Bertz CT molecular complexity index is 891. The molecule has 5 aliphatic rings. The van der Waals surface area contributed by atoms with Crippen LogP contribution < -0.4 is 0 Å². The van der Waals surface area contributed by atoms with Crippen LogP contribution in [-0.2, 0) is 0 Å². The lowest BCUT2D eigenvalue weighted by molar-refractivity contribution is -0.242. The van der Waals surface area contributed by atoms with E-state index in [1.54, 1.807) is 5.57 Å². The van der Waals surface area contributed by atoms with Crippen molar-refractivity contribution in [2.24, 2.45) is 50.2 Å². The topological polar surface area (TPSA) is 60.7 Å². The largest absolute Gasteiger partial charge is 0.396 e. The van der Waals surface area contributed by atoms with E-state index in [-0.39, 0.29) is 34.2 Å². The molecule has 192 valence electrons. The second-order valence-corrected chi connectivity index (χ2v) is 15.0. The van der Waals surface area contributed by atoms with Gasteiger partial charge in [0.25, 0.3) is 0 Å². The highest BCUT2D eigenvalue weighted by atomic mass is 16.3. The van der Waals surface area contributed by atoms with Crippen LogP contribution in [0.1, 0.15) is 99.3 Å². The van der Waals surface area contributed by atoms with Crippen LogP contribution in [0.4, 0.5) is 0 Å². The predicted molar refractivity (Wildman–Crippen MR) is 138 cm³/mol. The van der Waals surface area contributed by atoms with Gasteiger partial charge in [-0.2, -0.15) is 0 Å². The molecule has 3 heteroatoms. The van der Waals surface area contributed by atoms with Gasteiger partial charge in [0.15, 0.2) is 0 Å². The molecule has 0 aromatic carbocycles. The summed E-state index contributed by atoms with van der Waals surface area (Å²) in [6.45, 7) is 18.7. The van der Waals surface area contributed by atoms with E-state index >= 15 is 0 Å². The fourth-order valence-corrected chi connectivity index (χ4v) is 10.8. The number of hydrogen-bond donors (Lipinski definition) is 3. The Hall–Kier alpha value is -0.640. The molecule has 0 radical (unpaired) electrons. The molecule has 3 N–H and O–H groups in total. The van der Waals surface area contributed by atoms with Crippen LogP contribution in [0.15, 0.2) is 24.3 Å². The van der Waals surface area contributed by atoms with E-state index in [1.165, 1.54) is 32.1 Å². The van der Waals surface area contributed by atoms with Crippen LogP contribution >= 0.6 is 0 Å². The summed E-state index contributed by atoms with van der Waals surface area (Å²) in [4.78, 5) is 0. The van der Waals surface area contributed by atoms with Crippen molar-refractivity contribution in [1.82, 2.24) is 0 Å². The first-order valence-electron chi connectivity index (χ1n) is 14.0. The van der Waals surface area contributed by atoms with E-state index in [9.17, 15) is 15.3 Å². The van der Waals surface area contributed by atoms with Crippen molar-refractivity contribution in [2.45, 2.75) is 112 Å². The quantitative estimate of drug-likeness (QED) is 0.416. The Morgan fingerprint density at radius 2 is 1.62 bits per heavy atom. The lowest BCUT2D eigenvalue weighted by atomic mass is 9.33. The second-order valence-electron chi connectivity index (χ2n) is 15.0. The van der Waals surface area contributed by atoms with Crippen LogP contribution in [-0.4, -0.2) is 34.1 Å². The minimum Gasteiger partial charge on any atom is -0.396 e. The van der Waals surface area contributed by atoms with Crippen LogP contribution in [0.3, 0.4) is 0 Å². The summed E-state index contributed by atoms with van der Waals surface area (Å²) in [5.41, 5.74) is 1.94. The molecule has 34 heavy (non-hydrogen) atoms. The Morgan fingerprint density at radius 3 is 2.26 bits per heavy atom. The lowest BCUT2D eigenvalue weighted by Crippen LogP contribution is -2.67. The molecule has 0 aromatic rings. The maximum absolute atomic E-state index is 11.0. The highest BCUT2D eigenvalue weighted by molar-refractivity contribution is 5.35. The first-order valence-corrected chi connectivity index (χ1v) is 14.0. The van der Waals surface area contributed by atoms with Gasteiger partial charge in [-0.05, 0) is 103 Å². The third-order valence-corrected chi connectivity index (χ3v) is 13.2. The smallest absolute Gasteiger partial charge is 0.0877 e. The van der Waals surface area contributed by atoms with Crippen LogP contribution in [0.5, 0.6) is 0 Å². The van der Waals surface area contributed by atoms with Crippen molar-refractivity contribution in [3.63, 3.8) is 0 Å². The van der Waals surface area contributed by atoms with Crippen molar-refractivity contribution >= 4 is 0 Å². The van der Waals surface area contributed by atoms with Crippen molar-refractivity contribution in [3.05, 3.63) is 24.3 Å². The molecule has 10 atom stereocenters. The van der Waals surface area contributed by atoms with Gasteiger partial charge in [-0.15, -0.1) is 6.58 Å². The van der Waals surface area contributed by atoms with Gasteiger partial charge in [0, 0.05) is 5.41 Å². The average molecular weight is 471 g/mol. The molecule has 0 amide bonds. The number of allylic oxidation sites excluding steroid dienone is 3. The van der Waals surface area contributed by atoms with Gasteiger partial charge in [-0.25, -0.2) is 0 Å². The predicted octanol–water partition coefficient (Wildman–Crippen LogP) is 6.28. The molecule has 4 fully saturated rings. The maximum Gasteiger partial charge on any atom is 0.0877 e. The molecule has 0 heterocycles.